The number of fused-ring (bicyclic) bond motifs is 1. The minimum absolute atomic E-state index is 0.0880. The Bertz CT molecular complexity index is 1770. The van der Waals surface area contributed by atoms with Crippen molar-refractivity contribution in [1.29, 1.82) is 0 Å². The number of aliphatic hydroxyl groups excluding tert-OH is 1. The van der Waals surface area contributed by atoms with Gasteiger partial charge in [0.25, 0.3) is 5.91 Å². The van der Waals surface area contributed by atoms with Crippen LogP contribution in [0, 0.1) is 11.6 Å². The number of carbonyl (C=O) groups excluding carboxylic acids is 2. The lowest BCUT2D eigenvalue weighted by Gasteiger charge is -2.36. The monoisotopic (exact) mass is 647 g/mol. The van der Waals surface area contributed by atoms with Crippen LogP contribution in [0.1, 0.15) is 16.8 Å². The molecule has 2 amide bonds. The van der Waals surface area contributed by atoms with Crippen molar-refractivity contribution in [2.45, 2.75) is 25.2 Å². The number of halogens is 5. The number of ether oxygens (including phenoxy) is 1. The number of hydrogen-bond acceptors (Lipinski definition) is 8. The maximum absolute atomic E-state index is 14.8. The van der Waals surface area contributed by atoms with Gasteiger partial charge in [-0.2, -0.15) is 13.2 Å². The topological polar surface area (TPSA) is 124 Å². The van der Waals surface area contributed by atoms with E-state index in [1.54, 1.807) is 21.9 Å². The van der Waals surface area contributed by atoms with Gasteiger partial charge in [0.1, 0.15) is 0 Å². The molecule has 4 aromatic rings. The van der Waals surface area contributed by atoms with Crippen LogP contribution >= 0.6 is 11.6 Å². The zero-order valence-corrected chi connectivity index (χ0v) is 24.1. The molecule has 2 fully saturated rings. The van der Waals surface area contributed by atoms with Crippen LogP contribution in [-0.4, -0.2) is 92.6 Å². The average Bonchev–Trinajstić information content (AvgIpc) is 3.66. The molecule has 16 heteroatoms. The van der Waals surface area contributed by atoms with Gasteiger partial charge in [0.05, 0.1) is 34.6 Å². The SMILES string of the molecule is O=C(c1ccc(Nc2nccn3c(-c4ccc(OC(F)F)c(F)c4F)cnc23)cc1Cl)N1CCN(C(=O)[C@@H]2C[C@@H](O)CN2)CC1. The largest absolute Gasteiger partial charge is 0.432 e. The molecule has 0 bridgehead atoms. The highest BCUT2D eigenvalue weighted by molar-refractivity contribution is 6.34. The lowest BCUT2D eigenvalue weighted by Crippen LogP contribution is -2.54. The van der Waals surface area contributed by atoms with Crippen LogP contribution < -0.4 is 15.4 Å². The molecule has 0 radical (unpaired) electrons. The smallest absolute Gasteiger partial charge is 0.387 e. The third kappa shape index (κ3) is 6.10. The van der Waals surface area contributed by atoms with Crippen LogP contribution in [0.2, 0.25) is 5.02 Å². The van der Waals surface area contributed by atoms with E-state index in [0.717, 1.165) is 12.1 Å². The molecule has 2 atom stereocenters. The molecule has 4 heterocycles. The normalized spacial score (nSPS) is 18.6. The number of nitrogens with one attached hydrogen (secondary N) is 2. The molecule has 0 spiro atoms. The summed E-state index contributed by atoms with van der Waals surface area (Å²) in [6, 6.07) is 6.32. The fraction of sp³-hybridized carbons (Fsp3) is 0.310. The average molecular weight is 648 g/mol. The summed E-state index contributed by atoms with van der Waals surface area (Å²) in [5, 5.41) is 15.9. The van der Waals surface area contributed by atoms with Crippen LogP contribution in [-0.2, 0) is 4.79 Å². The second-order valence-corrected chi connectivity index (χ2v) is 10.9. The van der Waals surface area contributed by atoms with E-state index in [1.807, 2.05) is 0 Å². The van der Waals surface area contributed by atoms with Gasteiger partial charge in [-0.3, -0.25) is 14.0 Å². The molecule has 2 aliphatic rings. The molecule has 0 saturated carbocycles. The van der Waals surface area contributed by atoms with E-state index < -0.39 is 36.1 Å². The van der Waals surface area contributed by atoms with E-state index in [4.69, 9.17) is 11.6 Å². The van der Waals surface area contributed by atoms with Gasteiger partial charge in [0.15, 0.2) is 23.0 Å². The molecule has 2 aromatic heterocycles. The first-order valence-corrected chi connectivity index (χ1v) is 14.3. The summed E-state index contributed by atoms with van der Waals surface area (Å²) in [6.45, 7) is -1.55. The van der Waals surface area contributed by atoms with E-state index >= 15 is 0 Å². The van der Waals surface area contributed by atoms with Crippen molar-refractivity contribution >= 4 is 40.6 Å². The number of piperazine rings is 1. The van der Waals surface area contributed by atoms with E-state index in [1.165, 1.54) is 29.1 Å². The minimum atomic E-state index is -3.31. The first-order valence-electron chi connectivity index (χ1n) is 13.9. The van der Waals surface area contributed by atoms with Crippen LogP contribution in [0.3, 0.4) is 0 Å². The van der Waals surface area contributed by atoms with Gasteiger partial charge in [-0.1, -0.05) is 11.6 Å². The number of aromatic nitrogens is 3. The van der Waals surface area contributed by atoms with Crippen LogP contribution in [0.5, 0.6) is 5.75 Å². The zero-order valence-electron chi connectivity index (χ0n) is 23.4. The number of benzene rings is 2. The number of aliphatic hydroxyl groups is 1. The molecule has 3 N–H and O–H groups in total. The highest BCUT2D eigenvalue weighted by Gasteiger charge is 2.34. The molecule has 2 saturated heterocycles. The second-order valence-electron chi connectivity index (χ2n) is 10.5. The lowest BCUT2D eigenvalue weighted by molar-refractivity contribution is -0.134. The molecular formula is C29H26ClF4N7O4. The Morgan fingerprint density at radius 1 is 1.07 bits per heavy atom. The molecule has 45 heavy (non-hydrogen) atoms. The molecule has 0 aliphatic carbocycles. The summed E-state index contributed by atoms with van der Waals surface area (Å²) in [5.41, 5.74) is 0.881. The van der Waals surface area contributed by atoms with Gasteiger partial charge < -0.3 is 30.3 Å². The third-order valence-electron chi connectivity index (χ3n) is 7.71. The van der Waals surface area contributed by atoms with Crippen molar-refractivity contribution in [2.75, 3.05) is 38.0 Å². The van der Waals surface area contributed by atoms with Crippen molar-refractivity contribution in [3.05, 3.63) is 71.1 Å². The Hall–Kier alpha value is -4.47. The third-order valence-corrected chi connectivity index (χ3v) is 8.03. The fourth-order valence-corrected chi connectivity index (χ4v) is 5.71. The van der Waals surface area contributed by atoms with Gasteiger partial charge >= 0.3 is 6.61 Å². The number of amides is 2. The molecule has 2 aromatic carbocycles. The molecule has 236 valence electrons. The van der Waals surface area contributed by atoms with E-state index in [-0.39, 0.29) is 45.1 Å². The van der Waals surface area contributed by atoms with E-state index in [9.17, 15) is 32.3 Å². The number of nitrogens with zero attached hydrogens (tertiary/aromatic N) is 5. The number of imidazole rings is 1. The Kier molecular flexibility index (Phi) is 8.48. The Labute approximate surface area is 258 Å². The summed E-state index contributed by atoms with van der Waals surface area (Å²) < 4.78 is 59.7. The zero-order chi connectivity index (χ0) is 31.8. The lowest BCUT2D eigenvalue weighted by atomic mass is 10.1. The molecule has 6 rings (SSSR count). The summed E-state index contributed by atoms with van der Waals surface area (Å²) in [7, 11) is 0. The molecular weight excluding hydrogens is 622 g/mol. The summed E-state index contributed by atoms with van der Waals surface area (Å²) in [5.74, 6) is -3.99. The van der Waals surface area contributed by atoms with Crippen molar-refractivity contribution < 1.29 is 37.0 Å². The van der Waals surface area contributed by atoms with Crippen molar-refractivity contribution in [1.82, 2.24) is 29.5 Å². The summed E-state index contributed by atoms with van der Waals surface area (Å²) >= 11 is 6.51. The summed E-state index contributed by atoms with van der Waals surface area (Å²) in [6.07, 6.45) is 3.98. The van der Waals surface area contributed by atoms with Crippen molar-refractivity contribution in [3.63, 3.8) is 0 Å². The predicted octanol–water partition coefficient (Wildman–Crippen LogP) is 3.68. The number of alkyl halides is 2. The van der Waals surface area contributed by atoms with Crippen LogP contribution in [0.4, 0.5) is 29.1 Å². The van der Waals surface area contributed by atoms with Crippen molar-refractivity contribution in [2.24, 2.45) is 0 Å². The van der Waals surface area contributed by atoms with Gasteiger partial charge in [0.2, 0.25) is 11.7 Å². The van der Waals surface area contributed by atoms with Crippen molar-refractivity contribution in [3.8, 4) is 17.0 Å². The first-order chi connectivity index (χ1) is 21.6. The second kappa shape index (κ2) is 12.5. The molecule has 2 aliphatic heterocycles. The Morgan fingerprint density at radius 3 is 2.51 bits per heavy atom. The number of anilines is 2. The van der Waals surface area contributed by atoms with Gasteiger partial charge in [-0.05, 0) is 36.8 Å². The molecule has 0 unspecified atom stereocenters. The van der Waals surface area contributed by atoms with Gasteiger partial charge in [-0.25, -0.2) is 14.4 Å². The number of hydrogen-bond donors (Lipinski definition) is 3. The minimum Gasteiger partial charge on any atom is -0.432 e. The highest BCUT2D eigenvalue weighted by Crippen LogP contribution is 2.33. The van der Waals surface area contributed by atoms with E-state index in [2.05, 4.69) is 25.3 Å². The maximum Gasteiger partial charge on any atom is 0.387 e. The van der Waals surface area contributed by atoms with E-state index in [0.29, 0.717) is 44.8 Å². The molecule has 11 nitrogen and oxygen atoms in total. The van der Waals surface area contributed by atoms with Crippen LogP contribution in [0.25, 0.3) is 16.9 Å². The quantitative estimate of drug-likeness (QED) is 0.260. The summed E-state index contributed by atoms with van der Waals surface area (Å²) in [4.78, 5) is 37.8. The Morgan fingerprint density at radius 2 is 1.82 bits per heavy atom. The number of rotatable bonds is 7. The first kappa shape index (κ1) is 30.6. The number of carbonyl (C=O) groups is 2. The standard InChI is InChI=1S/C29H26ClF4N7O4/c30-19-11-15(1-2-17(19)27(43)39-7-9-40(10-8-39)28(44)20-12-16(42)13-36-20)38-25-26-37-14-21(41(26)6-5-35-25)18-3-4-22(45-29(33)34)24(32)23(18)31/h1-6,11,14,16,20,29,36,42H,7-10,12-13H2,(H,35,38)/t16-,20+/m1/s1. The predicted molar refractivity (Wildman–Crippen MR) is 155 cm³/mol. The van der Waals surface area contributed by atoms with Crippen LogP contribution in [0.15, 0.2) is 48.9 Å². The fourth-order valence-electron chi connectivity index (χ4n) is 5.45. The maximum atomic E-state index is 14.8. The number of β-amino-alcohol motifs (C(OH)–C–C–N with tert-alkyl or cyclic N) is 1. The Balaban J connectivity index is 1.15. The van der Waals surface area contributed by atoms with Gasteiger partial charge in [0, 0.05) is 56.4 Å². The van der Waals surface area contributed by atoms with Gasteiger partial charge in [-0.15, -0.1) is 0 Å². The highest BCUT2D eigenvalue weighted by atomic mass is 35.5.